The highest BCUT2D eigenvalue weighted by Gasteiger charge is 2.13. The number of benzene rings is 1. The van der Waals surface area contributed by atoms with Crippen LogP contribution in [-0.4, -0.2) is 21.3 Å². The number of hydrogen-bond acceptors (Lipinski definition) is 2. The summed E-state index contributed by atoms with van der Waals surface area (Å²) in [6, 6.07) is 7.98. The Bertz CT molecular complexity index is 467. The van der Waals surface area contributed by atoms with Crippen LogP contribution >= 0.6 is 11.6 Å². The molecule has 1 unspecified atom stereocenters. The number of nitrogens with zero attached hydrogens (tertiary/aromatic N) is 2. The van der Waals surface area contributed by atoms with Gasteiger partial charge < -0.3 is 9.67 Å². The third-order valence-electron chi connectivity index (χ3n) is 2.54. The molecule has 1 N–H and O–H groups in total. The van der Waals surface area contributed by atoms with Crippen LogP contribution in [0.25, 0.3) is 11.0 Å². The highest BCUT2D eigenvalue weighted by Crippen LogP contribution is 2.25. The van der Waals surface area contributed by atoms with Gasteiger partial charge in [-0.1, -0.05) is 12.1 Å². The minimum atomic E-state index is 0.157. The second-order valence-electron chi connectivity index (χ2n) is 3.60. The normalized spacial score (nSPS) is 13.3. The minimum Gasteiger partial charge on any atom is -0.396 e. The standard InChI is InChI=1S/C11H13ClN2O/c1-8(6-7-15)14-10-5-3-2-4-9(10)13-11(14)12/h2-5,8,15H,6-7H2,1H3. The number of para-hydroxylation sites is 2. The zero-order valence-corrected chi connectivity index (χ0v) is 9.28. The molecule has 15 heavy (non-hydrogen) atoms. The molecule has 0 fully saturated rings. The van der Waals surface area contributed by atoms with Crippen LogP contribution in [-0.2, 0) is 0 Å². The van der Waals surface area contributed by atoms with Crippen LogP contribution in [0.4, 0.5) is 0 Å². The average molecular weight is 225 g/mol. The van der Waals surface area contributed by atoms with E-state index >= 15 is 0 Å². The molecule has 0 saturated heterocycles. The summed E-state index contributed by atoms with van der Waals surface area (Å²) in [4.78, 5) is 4.26. The molecule has 3 nitrogen and oxygen atoms in total. The van der Waals surface area contributed by atoms with Crippen molar-refractivity contribution in [1.29, 1.82) is 0 Å². The summed E-state index contributed by atoms with van der Waals surface area (Å²) in [6.07, 6.45) is 0.681. The molecule has 0 spiro atoms. The molecule has 1 heterocycles. The number of fused-ring (bicyclic) bond motifs is 1. The van der Waals surface area contributed by atoms with Crippen molar-refractivity contribution in [3.8, 4) is 0 Å². The Morgan fingerprint density at radius 2 is 2.20 bits per heavy atom. The molecule has 1 atom stereocenters. The maximum Gasteiger partial charge on any atom is 0.204 e. The summed E-state index contributed by atoms with van der Waals surface area (Å²) < 4.78 is 1.95. The lowest BCUT2D eigenvalue weighted by Crippen LogP contribution is -2.06. The molecular formula is C11H13ClN2O. The molecule has 0 saturated carbocycles. The van der Waals surface area contributed by atoms with Crippen LogP contribution in [0.2, 0.25) is 5.28 Å². The molecule has 0 aliphatic rings. The highest BCUT2D eigenvalue weighted by atomic mass is 35.5. The molecule has 0 bridgehead atoms. The van der Waals surface area contributed by atoms with Gasteiger partial charge in [-0.05, 0) is 37.1 Å². The quantitative estimate of drug-likeness (QED) is 0.871. The first-order chi connectivity index (χ1) is 7.24. The van der Waals surface area contributed by atoms with Gasteiger partial charge in [-0.3, -0.25) is 0 Å². The number of aromatic nitrogens is 2. The fourth-order valence-electron chi connectivity index (χ4n) is 1.75. The average Bonchev–Trinajstić information content (AvgIpc) is 2.54. The predicted molar refractivity (Wildman–Crippen MR) is 61.2 cm³/mol. The van der Waals surface area contributed by atoms with E-state index in [9.17, 15) is 0 Å². The Morgan fingerprint density at radius 3 is 2.93 bits per heavy atom. The highest BCUT2D eigenvalue weighted by molar-refractivity contribution is 6.29. The summed E-state index contributed by atoms with van der Waals surface area (Å²) in [5, 5.41) is 9.41. The number of rotatable bonds is 3. The fourth-order valence-corrected chi connectivity index (χ4v) is 2.10. The lowest BCUT2D eigenvalue weighted by Gasteiger charge is -2.13. The Morgan fingerprint density at radius 1 is 1.47 bits per heavy atom. The van der Waals surface area contributed by atoms with Crippen LogP contribution in [0.3, 0.4) is 0 Å². The third kappa shape index (κ3) is 1.85. The van der Waals surface area contributed by atoms with Crippen molar-refractivity contribution >= 4 is 22.6 Å². The Balaban J connectivity index is 2.53. The first-order valence-corrected chi connectivity index (χ1v) is 5.35. The molecule has 1 aromatic carbocycles. The van der Waals surface area contributed by atoms with E-state index in [1.54, 1.807) is 0 Å². The first kappa shape index (κ1) is 10.5. The van der Waals surface area contributed by atoms with Crippen LogP contribution in [0.15, 0.2) is 24.3 Å². The van der Waals surface area contributed by atoms with Gasteiger partial charge in [-0.15, -0.1) is 0 Å². The molecule has 0 amide bonds. The molecule has 4 heteroatoms. The van der Waals surface area contributed by atoms with Gasteiger partial charge >= 0.3 is 0 Å². The van der Waals surface area contributed by atoms with E-state index in [2.05, 4.69) is 4.98 Å². The lowest BCUT2D eigenvalue weighted by atomic mass is 10.2. The maximum absolute atomic E-state index is 8.92. The molecule has 2 aromatic rings. The van der Waals surface area contributed by atoms with Crippen LogP contribution in [0, 0.1) is 0 Å². The second kappa shape index (κ2) is 4.21. The molecule has 0 aliphatic carbocycles. The second-order valence-corrected chi connectivity index (χ2v) is 3.94. The fraction of sp³-hybridized carbons (Fsp3) is 0.364. The summed E-state index contributed by atoms with van der Waals surface area (Å²) in [7, 11) is 0. The predicted octanol–water partition coefficient (Wildman–Crippen LogP) is 2.63. The zero-order valence-electron chi connectivity index (χ0n) is 8.52. The van der Waals surface area contributed by atoms with Gasteiger partial charge in [0.05, 0.1) is 11.0 Å². The Hall–Kier alpha value is -1.06. The van der Waals surface area contributed by atoms with Gasteiger partial charge in [0.15, 0.2) is 0 Å². The van der Waals surface area contributed by atoms with Gasteiger partial charge in [0.1, 0.15) is 0 Å². The van der Waals surface area contributed by atoms with Gasteiger partial charge in [0.25, 0.3) is 0 Å². The Labute approximate surface area is 93.3 Å². The van der Waals surface area contributed by atoms with E-state index in [-0.39, 0.29) is 12.6 Å². The largest absolute Gasteiger partial charge is 0.396 e. The van der Waals surface area contributed by atoms with Crippen molar-refractivity contribution in [2.24, 2.45) is 0 Å². The number of aliphatic hydroxyl groups excluding tert-OH is 1. The molecular weight excluding hydrogens is 212 g/mol. The minimum absolute atomic E-state index is 0.157. The first-order valence-electron chi connectivity index (χ1n) is 4.97. The van der Waals surface area contributed by atoms with E-state index in [0.717, 1.165) is 11.0 Å². The smallest absolute Gasteiger partial charge is 0.204 e. The SMILES string of the molecule is CC(CCO)n1c(Cl)nc2ccccc21. The van der Waals surface area contributed by atoms with Crippen molar-refractivity contribution in [3.63, 3.8) is 0 Å². The van der Waals surface area contributed by atoms with Crippen LogP contribution in [0.5, 0.6) is 0 Å². The number of aliphatic hydroxyl groups is 1. The van der Waals surface area contributed by atoms with Crippen molar-refractivity contribution in [2.75, 3.05) is 6.61 Å². The summed E-state index contributed by atoms with van der Waals surface area (Å²) >= 11 is 6.07. The van der Waals surface area contributed by atoms with E-state index in [4.69, 9.17) is 16.7 Å². The van der Waals surface area contributed by atoms with E-state index in [0.29, 0.717) is 11.7 Å². The van der Waals surface area contributed by atoms with Gasteiger partial charge in [-0.2, -0.15) is 0 Å². The van der Waals surface area contributed by atoms with Crippen molar-refractivity contribution in [1.82, 2.24) is 9.55 Å². The maximum atomic E-state index is 8.92. The summed E-state index contributed by atoms with van der Waals surface area (Å²) in [5.41, 5.74) is 1.91. The molecule has 1 aromatic heterocycles. The van der Waals surface area contributed by atoms with Gasteiger partial charge in [0, 0.05) is 12.6 Å². The van der Waals surface area contributed by atoms with Crippen molar-refractivity contribution in [3.05, 3.63) is 29.5 Å². The van der Waals surface area contributed by atoms with Crippen LogP contribution < -0.4 is 0 Å². The number of hydrogen-bond donors (Lipinski definition) is 1. The van der Waals surface area contributed by atoms with Crippen molar-refractivity contribution in [2.45, 2.75) is 19.4 Å². The van der Waals surface area contributed by atoms with Crippen molar-refractivity contribution < 1.29 is 5.11 Å². The number of halogens is 1. The molecule has 0 radical (unpaired) electrons. The summed E-state index contributed by atoms with van der Waals surface area (Å²) in [6.45, 7) is 2.18. The lowest BCUT2D eigenvalue weighted by molar-refractivity contribution is 0.264. The molecule has 2 rings (SSSR count). The third-order valence-corrected chi connectivity index (χ3v) is 2.81. The van der Waals surface area contributed by atoms with Crippen LogP contribution in [0.1, 0.15) is 19.4 Å². The zero-order chi connectivity index (χ0) is 10.8. The molecule has 80 valence electrons. The Kier molecular flexibility index (Phi) is 2.93. The van der Waals surface area contributed by atoms with E-state index in [1.807, 2.05) is 35.8 Å². The van der Waals surface area contributed by atoms with E-state index in [1.165, 1.54) is 0 Å². The van der Waals surface area contributed by atoms with E-state index < -0.39 is 0 Å². The topological polar surface area (TPSA) is 38.0 Å². The molecule has 0 aliphatic heterocycles. The monoisotopic (exact) mass is 224 g/mol. The summed E-state index contributed by atoms with van der Waals surface area (Å²) in [5.74, 6) is 0. The van der Waals surface area contributed by atoms with Gasteiger partial charge in [-0.25, -0.2) is 4.98 Å². The van der Waals surface area contributed by atoms with Gasteiger partial charge in [0.2, 0.25) is 5.28 Å². The number of imidazole rings is 1.